The number of carbonyl (C=O) groups is 11. The summed E-state index contributed by atoms with van der Waals surface area (Å²) < 4.78 is 16.7. The Morgan fingerprint density at radius 3 is 1.73 bits per heavy atom. The molecule has 442 valence electrons. The number of rotatable bonds is 40. The summed E-state index contributed by atoms with van der Waals surface area (Å²) in [6.45, 7) is 4.39. The number of thioether (sulfide) groups is 1. The van der Waals surface area contributed by atoms with Crippen LogP contribution in [-0.4, -0.2) is 253 Å². The molecule has 2 aliphatic heterocycles. The van der Waals surface area contributed by atoms with E-state index >= 15 is 0 Å². The van der Waals surface area contributed by atoms with Crippen LogP contribution in [0.4, 0.5) is 0 Å². The molecule has 24 nitrogen and oxygen atoms in total. The molecule has 3 amide bonds. The van der Waals surface area contributed by atoms with Gasteiger partial charge in [0.15, 0.2) is 17.3 Å². The fraction of sp³-hybridized carbons (Fsp3) is 0.685. The van der Waals surface area contributed by atoms with E-state index in [9.17, 15) is 73.2 Å². The van der Waals surface area contributed by atoms with Crippen LogP contribution in [0.5, 0.6) is 0 Å². The van der Waals surface area contributed by atoms with Crippen molar-refractivity contribution in [1.82, 2.24) is 29.8 Å². The van der Waals surface area contributed by atoms with Crippen LogP contribution in [0.25, 0.3) is 0 Å². The molecule has 1 aromatic carbocycles. The third kappa shape index (κ3) is 29.0. The predicted molar refractivity (Wildman–Crippen MR) is 289 cm³/mol. The van der Waals surface area contributed by atoms with Gasteiger partial charge in [0.1, 0.15) is 12.4 Å². The van der Waals surface area contributed by atoms with E-state index in [4.69, 9.17) is 14.2 Å². The number of carboxylic acids is 4. The van der Waals surface area contributed by atoms with Crippen molar-refractivity contribution in [3.8, 4) is 0 Å². The lowest BCUT2D eigenvalue weighted by atomic mass is 9.93. The lowest BCUT2D eigenvalue weighted by molar-refractivity contribution is -0.144. The fourth-order valence-corrected chi connectivity index (χ4v) is 9.55. The molecule has 3 atom stereocenters. The first kappa shape index (κ1) is 67.7. The summed E-state index contributed by atoms with van der Waals surface area (Å²) in [4.78, 5) is 144. The van der Waals surface area contributed by atoms with E-state index in [2.05, 4.69) is 5.32 Å². The van der Waals surface area contributed by atoms with Gasteiger partial charge in [0, 0.05) is 115 Å². The molecule has 1 unspecified atom stereocenters. The Kier molecular flexibility index (Phi) is 32.7. The van der Waals surface area contributed by atoms with Gasteiger partial charge >= 0.3 is 23.9 Å². The van der Waals surface area contributed by atoms with Crippen LogP contribution in [0, 0.1) is 17.8 Å². The van der Waals surface area contributed by atoms with Gasteiger partial charge in [0.25, 0.3) is 0 Å². The van der Waals surface area contributed by atoms with E-state index in [0.717, 1.165) is 5.56 Å². The van der Waals surface area contributed by atoms with Crippen molar-refractivity contribution in [1.29, 1.82) is 0 Å². The van der Waals surface area contributed by atoms with E-state index in [-0.39, 0.29) is 166 Å². The van der Waals surface area contributed by atoms with Crippen molar-refractivity contribution in [3.63, 3.8) is 0 Å². The molecule has 5 N–H and O–H groups in total. The molecule has 0 radical (unpaired) electrons. The Hall–Kier alpha value is -5.54. The van der Waals surface area contributed by atoms with Gasteiger partial charge in [-0.05, 0) is 55.7 Å². The topological polar surface area (TPSA) is 325 Å². The van der Waals surface area contributed by atoms with Gasteiger partial charge < -0.3 is 40.0 Å². The molecular weight excluding hydrogens is 1050 g/mol. The average Bonchev–Trinajstić information content (AvgIpc) is 3.65. The summed E-state index contributed by atoms with van der Waals surface area (Å²) in [7, 11) is 0. The molecule has 0 aliphatic carbocycles. The minimum atomic E-state index is -1.16. The summed E-state index contributed by atoms with van der Waals surface area (Å²) >= 11 is 1.50. The van der Waals surface area contributed by atoms with Gasteiger partial charge in [0.2, 0.25) is 17.7 Å². The van der Waals surface area contributed by atoms with E-state index in [1.807, 2.05) is 11.2 Å². The molecular formula is C54H82N6O18S. The maximum atomic E-state index is 13.4. The Morgan fingerprint density at radius 2 is 1.20 bits per heavy atom. The van der Waals surface area contributed by atoms with Crippen LogP contribution in [0.15, 0.2) is 24.3 Å². The average molecular weight is 1140 g/mol. The smallest absolute Gasteiger partial charge is 0.317 e. The number of benzene rings is 1. The summed E-state index contributed by atoms with van der Waals surface area (Å²) in [5.74, 6) is -7.69. The highest BCUT2D eigenvalue weighted by molar-refractivity contribution is 7.98. The lowest BCUT2D eigenvalue weighted by Crippen LogP contribution is -2.49. The number of ether oxygens (including phenoxy) is 3. The molecule has 2 aliphatic rings. The van der Waals surface area contributed by atoms with Crippen LogP contribution < -0.4 is 5.32 Å². The molecule has 79 heavy (non-hydrogen) atoms. The summed E-state index contributed by atoms with van der Waals surface area (Å²) in [6, 6.07) is 6.83. The lowest BCUT2D eigenvalue weighted by Gasteiger charge is -2.32. The van der Waals surface area contributed by atoms with Crippen molar-refractivity contribution in [2.45, 2.75) is 77.6 Å². The highest BCUT2D eigenvalue weighted by atomic mass is 32.2. The Morgan fingerprint density at radius 1 is 0.646 bits per heavy atom. The number of hydrogen-bond donors (Lipinski definition) is 5. The van der Waals surface area contributed by atoms with E-state index in [0.29, 0.717) is 76.2 Å². The van der Waals surface area contributed by atoms with Gasteiger partial charge in [-0.3, -0.25) is 77.2 Å². The van der Waals surface area contributed by atoms with Gasteiger partial charge in [-0.15, -0.1) is 0 Å². The standard InChI is InChI=1S/C54H82N6O18S/c1-39-29-48(65)60(53(39)73)14-4-3-8-43(54(74)75)31-46(63)33-55-52(72)42(13-28-79-2)32-47(64)41-9-5-7-40(30-41)11-12-45(62)38-78-27-26-77-25-24-76-23-6-10-44(61)34-56-15-17-57(35-49(66)67)19-21-59(37-51(70)71)22-20-58(18-16-56)36-50(68)69/h5,7,9,30,39,42-43H,3-4,6,8,10-29,31-38H2,1-2H3,(H,55,72)(H,66,67)(H,68,69)(H,70,71)(H,74,75)/t39?,42-,43-/m1/s1. The zero-order valence-electron chi connectivity index (χ0n) is 45.8. The van der Waals surface area contributed by atoms with Crippen molar-refractivity contribution in [3.05, 3.63) is 35.4 Å². The second-order valence-electron chi connectivity index (χ2n) is 20.0. The SMILES string of the molecule is CSCC[C@H](CC(=O)c1cccc(CCC(=O)COCCOCCOCCCC(=O)CN2CCN(CC(=O)O)CCN(CC(=O)O)CCN(CC(=O)O)CC2)c1)C(=O)NCC(=O)C[C@@H](CCCCN1C(=O)CC(C)C1=O)C(=O)O. The zero-order chi connectivity index (χ0) is 58.1. The second kappa shape index (κ2) is 38.2. The van der Waals surface area contributed by atoms with Crippen molar-refractivity contribution >= 4 is 76.5 Å². The molecule has 0 saturated carbocycles. The Labute approximate surface area is 466 Å². The largest absolute Gasteiger partial charge is 0.481 e. The first-order valence-electron chi connectivity index (χ1n) is 27.0. The number of aliphatic carboxylic acids is 4. The number of carboxylic acid groups (broad SMARTS) is 4. The number of likely N-dealkylation sites (tertiary alicyclic amines) is 1. The number of amides is 3. The molecule has 3 rings (SSSR count). The molecule has 0 bridgehead atoms. The summed E-state index contributed by atoms with van der Waals surface area (Å²) in [5, 5.41) is 40.6. The van der Waals surface area contributed by atoms with E-state index in [1.165, 1.54) is 16.7 Å². The van der Waals surface area contributed by atoms with Crippen LogP contribution in [-0.2, 0) is 68.6 Å². The highest BCUT2D eigenvalue weighted by Crippen LogP contribution is 2.22. The van der Waals surface area contributed by atoms with E-state index in [1.54, 1.807) is 45.9 Å². The summed E-state index contributed by atoms with van der Waals surface area (Å²) in [5.41, 5.74) is 1.12. The minimum absolute atomic E-state index is 0.0503. The quantitative estimate of drug-likeness (QED) is 0.0352. The number of imide groups is 1. The monoisotopic (exact) mass is 1130 g/mol. The van der Waals surface area contributed by atoms with Crippen molar-refractivity contribution < 1.29 is 87.4 Å². The van der Waals surface area contributed by atoms with Gasteiger partial charge in [-0.2, -0.15) is 11.8 Å². The molecule has 1 aromatic rings. The molecule has 25 heteroatoms. The number of hydrogen-bond acceptors (Lipinski definition) is 19. The Balaban J connectivity index is 1.30. The van der Waals surface area contributed by atoms with Gasteiger partial charge in [0.05, 0.1) is 65.1 Å². The number of Topliss-reactive ketones (excluding diaryl/α,β-unsaturated/α-hetero) is 4. The van der Waals surface area contributed by atoms with Crippen molar-refractivity contribution in [2.75, 3.05) is 143 Å². The maximum Gasteiger partial charge on any atom is 0.317 e. The minimum Gasteiger partial charge on any atom is -0.481 e. The molecule has 2 fully saturated rings. The van der Waals surface area contributed by atoms with Crippen LogP contribution in [0.1, 0.15) is 87.1 Å². The second-order valence-corrected chi connectivity index (χ2v) is 21.0. The third-order valence-electron chi connectivity index (χ3n) is 13.5. The van der Waals surface area contributed by atoms with Crippen LogP contribution in [0.3, 0.4) is 0 Å². The number of unbranched alkanes of at least 4 members (excludes halogenated alkanes) is 1. The number of ketones is 4. The zero-order valence-corrected chi connectivity index (χ0v) is 46.6. The number of nitrogens with one attached hydrogen (secondary N) is 1. The maximum absolute atomic E-state index is 13.4. The first-order chi connectivity index (χ1) is 37.7. The highest BCUT2D eigenvalue weighted by Gasteiger charge is 2.35. The van der Waals surface area contributed by atoms with Crippen LogP contribution in [0.2, 0.25) is 0 Å². The first-order valence-corrected chi connectivity index (χ1v) is 28.4. The summed E-state index contributed by atoms with van der Waals surface area (Å²) in [6.07, 6.45) is 4.14. The normalized spacial score (nSPS) is 17.1. The number of carbonyl (C=O) groups excluding carboxylic acids is 7. The molecule has 0 aromatic heterocycles. The molecule has 2 saturated heterocycles. The number of aryl methyl sites for hydroxylation is 1. The van der Waals surface area contributed by atoms with E-state index < -0.39 is 53.9 Å². The molecule has 2 heterocycles. The number of nitrogens with zero attached hydrogens (tertiary/aromatic N) is 5. The molecule has 0 spiro atoms. The Bertz CT molecular complexity index is 2150. The van der Waals surface area contributed by atoms with Crippen molar-refractivity contribution in [2.24, 2.45) is 17.8 Å². The fourth-order valence-electron chi connectivity index (χ4n) is 9.03. The van der Waals surface area contributed by atoms with Crippen LogP contribution >= 0.6 is 11.8 Å². The van der Waals surface area contributed by atoms with Gasteiger partial charge in [-0.25, -0.2) is 0 Å². The van der Waals surface area contributed by atoms with Gasteiger partial charge in [-0.1, -0.05) is 31.5 Å². The predicted octanol–water partition coefficient (Wildman–Crippen LogP) is 1.35. The third-order valence-corrected chi connectivity index (χ3v) is 14.2.